The minimum absolute atomic E-state index is 0.311. The summed E-state index contributed by atoms with van der Waals surface area (Å²) in [7, 11) is 0. The second-order valence-corrected chi connectivity index (χ2v) is 5.70. The summed E-state index contributed by atoms with van der Waals surface area (Å²) in [5.74, 6) is 0.437. The van der Waals surface area contributed by atoms with Crippen molar-refractivity contribution < 1.29 is 5.11 Å². The number of aliphatic hydroxyl groups is 1. The van der Waals surface area contributed by atoms with Crippen molar-refractivity contribution in [3.05, 3.63) is 35.9 Å². The lowest BCUT2D eigenvalue weighted by Gasteiger charge is -2.29. The van der Waals surface area contributed by atoms with Crippen molar-refractivity contribution in [1.29, 1.82) is 0 Å². The highest BCUT2D eigenvalue weighted by atomic mass is 127. The first-order valence-electron chi connectivity index (χ1n) is 5.79. The molecule has 88 valence electrons. The van der Waals surface area contributed by atoms with Crippen LogP contribution in [0.3, 0.4) is 0 Å². The zero-order chi connectivity index (χ0) is 11.5. The zero-order valence-electron chi connectivity index (χ0n) is 9.51. The van der Waals surface area contributed by atoms with Gasteiger partial charge in [0.25, 0.3) is 0 Å². The summed E-state index contributed by atoms with van der Waals surface area (Å²) in [6.45, 7) is 3.65. The monoisotopic (exact) mass is 331 g/mol. The van der Waals surface area contributed by atoms with Gasteiger partial charge in [-0.25, -0.2) is 0 Å². The number of nitrogens with zero attached hydrogens (tertiary/aromatic N) is 1. The Morgan fingerprint density at radius 1 is 1.44 bits per heavy atom. The summed E-state index contributed by atoms with van der Waals surface area (Å²) < 4.78 is 0.456. The standard InChI is InChI=1S/C13H18INO/c1-10(11-5-3-2-4-6-11)15-8-7-12(9-16)13(15)14/h2-6,10,12-13,16H,7-9H2,1H3/t10-,12?,13?/m0/s1. The summed E-state index contributed by atoms with van der Waals surface area (Å²) in [5.41, 5.74) is 1.36. The Hall–Kier alpha value is -0.130. The van der Waals surface area contributed by atoms with Crippen LogP contribution in [0, 0.1) is 5.92 Å². The van der Waals surface area contributed by atoms with Gasteiger partial charge in [-0.3, -0.25) is 4.90 Å². The third-order valence-corrected chi connectivity index (χ3v) is 5.21. The van der Waals surface area contributed by atoms with E-state index in [2.05, 4.69) is 64.7 Å². The van der Waals surface area contributed by atoms with Gasteiger partial charge in [-0.2, -0.15) is 0 Å². The number of likely N-dealkylation sites (tertiary alicyclic amines) is 1. The van der Waals surface area contributed by atoms with Gasteiger partial charge < -0.3 is 5.11 Å². The van der Waals surface area contributed by atoms with Crippen molar-refractivity contribution in [2.24, 2.45) is 5.92 Å². The fourth-order valence-corrected chi connectivity index (χ4v) is 3.70. The van der Waals surface area contributed by atoms with Crippen molar-refractivity contribution in [2.45, 2.75) is 23.4 Å². The predicted octanol–water partition coefficient (Wildman–Crippen LogP) is 2.82. The smallest absolute Gasteiger partial charge is 0.0674 e. The molecule has 16 heavy (non-hydrogen) atoms. The molecule has 1 saturated heterocycles. The Morgan fingerprint density at radius 2 is 2.12 bits per heavy atom. The highest BCUT2D eigenvalue weighted by molar-refractivity contribution is 14.1. The van der Waals surface area contributed by atoms with E-state index in [0.717, 1.165) is 13.0 Å². The normalized spacial score (nSPS) is 28.2. The first-order valence-corrected chi connectivity index (χ1v) is 7.04. The van der Waals surface area contributed by atoms with Crippen LogP contribution in [0.1, 0.15) is 24.9 Å². The van der Waals surface area contributed by atoms with Crippen molar-refractivity contribution in [1.82, 2.24) is 4.90 Å². The third kappa shape index (κ3) is 2.41. The number of halogens is 1. The van der Waals surface area contributed by atoms with E-state index in [1.165, 1.54) is 5.56 Å². The molecule has 0 bridgehead atoms. The van der Waals surface area contributed by atoms with Gasteiger partial charge in [0.1, 0.15) is 0 Å². The van der Waals surface area contributed by atoms with E-state index in [9.17, 15) is 5.11 Å². The Bertz CT molecular complexity index is 330. The maximum atomic E-state index is 9.28. The highest BCUT2D eigenvalue weighted by Gasteiger charge is 2.34. The molecule has 0 spiro atoms. The molecule has 0 amide bonds. The number of hydrogen-bond acceptors (Lipinski definition) is 2. The summed E-state index contributed by atoms with van der Waals surface area (Å²) in [4.78, 5) is 2.48. The average Bonchev–Trinajstić information content (AvgIpc) is 2.70. The molecule has 1 fully saturated rings. The molecule has 2 unspecified atom stereocenters. The van der Waals surface area contributed by atoms with Gasteiger partial charge in [0.05, 0.1) is 4.05 Å². The Kier molecular flexibility index (Phi) is 4.21. The SMILES string of the molecule is C[C@@H](c1ccccc1)N1CCC(CO)C1I. The number of aliphatic hydroxyl groups excluding tert-OH is 1. The van der Waals surface area contributed by atoms with Crippen LogP contribution in [-0.4, -0.2) is 27.2 Å². The second-order valence-electron chi connectivity index (χ2n) is 4.43. The van der Waals surface area contributed by atoms with Gasteiger partial charge in [0.15, 0.2) is 0 Å². The van der Waals surface area contributed by atoms with Gasteiger partial charge in [0, 0.05) is 25.1 Å². The van der Waals surface area contributed by atoms with E-state index >= 15 is 0 Å². The van der Waals surface area contributed by atoms with Crippen molar-refractivity contribution in [3.63, 3.8) is 0 Å². The zero-order valence-corrected chi connectivity index (χ0v) is 11.7. The van der Waals surface area contributed by atoms with Crippen LogP contribution in [0.5, 0.6) is 0 Å². The van der Waals surface area contributed by atoms with Crippen molar-refractivity contribution >= 4 is 22.6 Å². The van der Waals surface area contributed by atoms with Gasteiger partial charge in [-0.1, -0.05) is 52.9 Å². The van der Waals surface area contributed by atoms with Crippen LogP contribution in [-0.2, 0) is 0 Å². The molecule has 2 nitrogen and oxygen atoms in total. The van der Waals surface area contributed by atoms with Crippen LogP contribution in [0.4, 0.5) is 0 Å². The number of rotatable bonds is 3. The molecule has 0 aromatic heterocycles. The molecule has 0 radical (unpaired) electrons. The molecule has 3 heteroatoms. The predicted molar refractivity (Wildman–Crippen MR) is 74.6 cm³/mol. The third-order valence-electron chi connectivity index (χ3n) is 3.48. The fraction of sp³-hybridized carbons (Fsp3) is 0.538. The molecular formula is C13H18INO. The molecule has 0 aliphatic carbocycles. The summed E-state index contributed by atoms with van der Waals surface area (Å²) in [5, 5.41) is 9.28. The topological polar surface area (TPSA) is 23.5 Å². The molecular weight excluding hydrogens is 313 g/mol. The van der Waals surface area contributed by atoms with E-state index in [1.807, 2.05) is 0 Å². The van der Waals surface area contributed by atoms with E-state index in [4.69, 9.17) is 0 Å². The van der Waals surface area contributed by atoms with Crippen LogP contribution < -0.4 is 0 Å². The highest BCUT2D eigenvalue weighted by Crippen LogP contribution is 2.35. The van der Waals surface area contributed by atoms with Gasteiger partial charge in [0.2, 0.25) is 0 Å². The maximum Gasteiger partial charge on any atom is 0.0674 e. The molecule has 1 heterocycles. The number of benzene rings is 1. The Balaban J connectivity index is 2.09. The number of hydrogen-bond donors (Lipinski definition) is 1. The molecule has 3 atom stereocenters. The van der Waals surface area contributed by atoms with E-state index < -0.39 is 0 Å². The Labute approximate surface area is 111 Å². The van der Waals surface area contributed by atoms with Gasteiger partial charge in [-0.05, 0) is 18.9 Å². The first-order chi connectivity index (χ1) is 7.74. The molecule has 1 aromatic rings. The van der Waals surface area contributed by atoms with Crippen LogP contribution in [0.15, 0.2) is 30.3 Å². The van der Waals surface area contributed by atoms with Crippen molar-refractivity contribution in [3.8, 4) is 0 Å². The molecule has 2 rings (SSSR count). The summed E-state index contributed by atoms with van der Waals surface area (Å²) in [6.07, 6.45) is 1.11. The summed E-state index contributed by atoms with van der Waals surface area (Å²) in [6, 6.07) is 11.0. The lowest BCUT2D eigenvalue weighted by Crippen LogP contribution is -2.31. The van der Waals surface area contributed by atoms with E-state index in [0.29, 0.717) is 22.6 Å². The van der Waals surface area contributed by atoms with Crippen molar-refractivity contribution in [2.75, 3.05) is 13.2 Å². The van der Waals surface area contributed by atoms with Crippen LogP contribution >= 0.6 is 22.6 Å². The minimum atomic E-state index is 0.311. The number of alkyl halides is 1. The van der Waals surface area contributed by atoms with E-state index in [-0.39, 0.29) is 0 Å². The van der Waals surface area contributed by atoms with Crippen LogP contribution in [0.2, 0.25) is 0 Å². The largest absolute Gasteiger partial charge is 0.396 e. The lowest BCUT2D eigenvalue weighted by atomic mass is 10.1. The summed E-state index contributed by atoms with van der Waals surface area (Å²) >= 11 is 2.46. The fourth-order valence-electron chi connectivity index (χ4n) is 2.36. The minimum Gasteiger partial charge on any atom is -0.396 e. The maximum absolute atomic E-state index is 9.28. The molecule has 1 aliphatic rings. The molecule has 0 saturated carbocycles. The lowest BCUT2D eigenvalue weighted by molar-refractivity contribution is 0.195. The Morgan fingerprint density at radius 3 is 2.69 bits per heavy atom. The van der Waals surface area contributed by atoms with Gasteiger partial charge >= 0.3 is 0 Å². The second kappa shape index (κ2) is 5.47. The first kappa shape index (κ1) is 12.3. The molecule has 1 aromatic carbocycles. The molecule has 1 N–H and O–H groups in total. The quantitative estimate of drug-likeness (QED) is 0.523. The van der Waals surface area contributed by atoms with E-state index in [1.54, 1.807) is 0 Å². The average molecular weight is 331 g/mol. The molecule has 1 aliphatic heterocycles. The van der Waals surface area contributed by atoms with Gasteiger partial charge in [-0.15, -0.1) is 0 Å². The van der Waals surface area contributed by atoms with Crippen LogP contribution in [0.25, 0.3) is 0 Å².